The highest BCUT2D eigenvalue weighted by Gasteiger charge is 2.56. The van der Waals surface area contributed by atoms with Crippen LogP contribution in [0.3, 0.4) is 0 Å². The smallest absolute Gasteiger partial charge is 0.410 e. The number of carbonyl (C=O) groups excluding carboxylic acids is 1. The number of nitrogens with one attached hydrogen (secondary N) is 1. The zero-order valence-corrected chi connectivity index (χ0v) is 20.1. The minimum absolute atomic E-state index is 0.173. The summed E-state index contributed by atoms with van der Waals surface area (Å²) < 4.78 is 5.57. The molecule has 1 N–H and O–H groups in total. The van der Waals surface area contributed by atoms with Crippen LogP contribution >= 0.6 is 23.2 Å². The number of aromatic nitrogens is 3. The molecule has 1 amide bonds. The average molecular weight is 487 g/mol. The number of amides is 1. The van der Waals surface area contributed by atoms with Crippen molar-refractivity contribution in [2.24, 2.45) is 0 Å². The Balaban J connectivity index is 1.35. The van der Waals surface area contributed by atoms with Crippen LogP contribution in [-0.2, 0) is 4.74 Å². The number of rotatable bonds is 3. The fourth-order valence-corrected chi connectivity index (χ4v) is 4.50. The number of likely N-dealkylation sites (tertiary alicyclic amines) is 1. The number of anilines is 3. The van der Waals surface area contributed by atoms with Crippen LogP contribution in [0.15, 0.2) is 36.7 Å². The van der Waals surface area contributed by atoms with Gasteiger partial charge in [-0.15, -0.1) is 0 Å². The lowest BCUT2D eigenvalue weighted by atomic mass is 9.78. The van der Waals surface area contributed by atoms with Gasteiger partial charge in [0.2, 0.25) is 0 Å². The predicted molar refractivity (Wildman–Crippen MR) is 130 cm³/mol. The molecule has 172 valence electrons. The van der Waals surface area contributed by atoms with E-state index >= 15 is 0 Å². The van der Waals surface area contributed by atoms with Crippen LogP contribution < -0.4 is 10.2 Å². The lowest BCUT2D eigenvalue weighted by molar-refractivity contribution is -0.0562. The topological polar surface area (TPSA) is 83.5 Å². The average Bonchev–Trinajstić information content (AvgIpc) is 2.68. The van der Waals surface area contributed by atoms with Crippen molar-refractivity contribution in [3.8, 4) is 0 Å². The van der Waals surface area contributed by atoms with Gasteiger partial charge in [-0.3, -0.25) is 4.90 Å². The minimum atomic E-state index is -0.505. The Morgan fingerprint density at radius 2 is 1.91 bits per heavy atom. The SMILES string of the molecule is CC(C)(C)OC(=O)N1CCC12CN(c1ccc3ncnc(Nc4ccc(Cl)c(Cl)c4)c3n1)C2. The molecule has 10 heteroatoms. The maximum absolute atomic E-state index is 12.6. The summed E-state index contributed by atoms with van der Waals surface area (Å²) in [5.74, 6) is 1.39. The van der Waals surface area contributed by atoms with Crippen molar-refractivity contribution in [2.45, 2.75) is 38.3 Å². The molecule has 8 nitrogen and oxygen atoms in total. The maximum atomic E-state index is 12.6. The molecule has 0 saturated carbocycles. The molecule has 33 heavy (non-hydrogen) atoms. The molecule has 0 aliphatic carbocycles. The molecule has 2 aliphatic heterocycles. The summed E-state index contributed by atoms with van der Waals surface area (Å²) in [7, 11) is 0. The Bertz CT molecular complexity index is 1240. The lowest BCUT2D eigenvalue weighted by Crippen LogP contribution is -2.78. The zero-order valence-electron chi connectivity index (χ0n) is 18.6. The Morgan fingerprint density at radius 1 is 1.12 bits per heavy atom. The highest BCUT2D eigenvalue weighted by atomic mass is 35.5. The number of carbonyl (C=O) groups is 1. The molecule has 0 unspecified atom stereocenters. The first-order chi connectivity index (χ1) is 15.6. The Hall–Kier alpha value is -2.84. The number of hydrogen-bond donors (Lipinski definition) is 1. The molecule has 3 aromatic rings. The second-order valence-electron chi connectivity index (χ2n) is 9.48. The molecule has 1 aromatic carbocycles. The largest absolute Gasteiger partial charge is 0.444 e. The van der Waals surface area contributed by atoms with Gasteiger partial charge in [-0.25, -0.2) is 19.7 Å². The number of nitrogens with zero attached hydrogens (tertiary/aromatic N) is 5. The van der Waals surface area contributed by atoms with Gasteiger partial charge in [-0.1, -0.05) is 23.2 Å². The van der Waals surface area contributed by atoms with Crippen LogP contribution in [0.1, 0.15) is 27.2 Å². The monoisotopic (exact) mass is 486 g/mol. The fraction of sp³-hybridized carbons (Fsp3) is 0.391. The Morgan fingerprint density at radius 3 is 2.58 bits per heavy atom. The second kappa shape index (κ2) is 7.88. The first-order valence-electron chi connectivity index (χ1n) is 10.7. The Kier molecular flexibility index (Phi) is 5.25. The minimum Gasteiger partial charge on any atom is -0.444 e. The molecular formula is C23H24Cl2N6O2. The summed E-state index contributed by atoms with van der Waals surface area (Å²) >= 11 is 12.2. The van der Waals surface area contributed by atoms with Gasteiger partial charge in [0.1, 0.15) is 23.3 Å². The van der Waals surface area contributed by atoms with E-state index in [1.165, 1.54) is 6.33 Å². The third kappa shape index (κ3) is 4.13. The molecule has 0 atom stereocenters. The van der Waals surface area contributed by atoms with Crippen LogP contribution in [0.5, 0.6) is 0 Å². The standard InChI is InChI=1S/C23H24Cl2N6O2/c1-22(2,3)33-21(32)31-9-8-23(31)11-30(12-23)18-7-6-17-19(29-18)20(27-13-26-17)28-14-4-5-15(24)16(25)10-14/h4-7,10,13H,8-9,11-12H2,1-3H3,(H,26,27,28). The summed E-state index contributed by atoms with van der Waals surface area (Å²) in [5, 5.41) is 4.19. The molecule has 1 spiro atoms. The fourth-order valence-electron chi connectivity index (χ4n) is 4.20. The lowest BCUT2D eigenvalue weighted by Gasteiger charge is -2.62. The number of fused-ring (bicyclic) bond motifs is 1. The molecular weight excluding hydrogens is 463 g/mol. The summed E-state index contributed by atoms with van der Waals surface area (Å²) in [5.41, 5.74) is 1.45. The summed E-state index contributed by atoms with van der Waals surface area (Å²) in [4.78, 5) is 30.1. The van der Waals surface area contributed by atoms with Crippen LogP contribution in [0.4, 0.5) is 22.1 Å². The normalized spacial score (nSPS) is 17.0. The molecule has 5 rings (SSSR count). The predicted octanol–water partition coefficient (Wildman–Crippen LogP) is 5.27. The van der Waals surface area contributed by atoms with Crippen molar-refractivity contribution in [1.82, 2.24) is 19.9 Å². The van der Waals surface area contributed by atoms with Gasteiger partial charge in [-0.05, 0) is 57.5 Å². The van der Waals surface area contributed by atoms with Gasteiger partial charge >= 0.3 is 6.09 Å². The maximum Gasteiger partial charge on any atom is 0.410 e. The van der Waals surface area contributed by atoms with E-state index in [1.807, 2.05) is 43.9 Å². The third-order valence-corrected chi connectivity index (χ3v) is 6.67. The van der Waals surface area contributed by atoms with Crippen molar-refractivity contribution in [3.63, 3.8) is 0 Å². The van der Waals surface area contributed by atoms with Crippen LogP contribution in [0.2, 0.25) is 10.0 Å². The molecule has 2 aromatic heterocycles. The zero-order chi connectivity index (χ0) is 23.4. The summed E-state index contributed by atoms with van der Waals surface area (Å²) in [6.07, 6.45) is 2.21. The highest BCUT2D eigenvalue weighted by Crippen LogP contribution is 2.42. The quantitative estimate of drug-likeness (QED) is 0.539. The van der Waals surface area contributed by atoms with Crippen LogP contribution in [0, 0.1) is 0 Å². The summed E-state index contributed by atoms with van der Waals surface area (Å²) in [6.45, 7) is 7.81. The van der Waals surface area contributed by atoms with Crippen molar-refractivity contribution >= 4 is 57.7 Å². The van der Waals surface area contributed by atoms with E-state index in [0.29, 0.717) is 34.5 Å². The van der Waals surface area contributed by atoms with E-state index in [2.05, 4.69) is 20.2 Å². The van der Waals surface area contributed by atoms with Gasteiger partial charge in [-0.2, -0.15) is 0 Å². The van der Waals surface area contributed by atoms with Crippen molar-refractivity contribution in [3.05, 3.63) is 46.7 Å². The highest BCUT2D eigenvalue weighted by molar-refractivity contribution is 6.42. The van der Waals surface area contributed by atoms with E-state index in [9.17, 15) is 4.79 Å². The molecule has 2 saturated heterocycles. The molecule has 2 fully saturated rings. The van der Waals surface area contributed by atoms with E-state index in [1.54, 1.807) is 12.1 Å². The van der Waals surface area contributed by atoms with E-state index < -0.39 is 5.60 Å². The van der Waals surface area contributed by atoms with Crippen molar-refractivity contribution in [1.29, 1.82) is 0 Å². The van der Waals surface area contributed by atoms with Crippen LogP contribution in [0.25, 0.3) is 11.0 Å². The molecule has 4 heterocycles. The van der Waals surface area contributed by atoms with Gasteiger partial charge in [0.15, 0.2) is 5.82 Å². The summed E-state index contributed by atoms with van der Waals surface area (Å²) in [6, 6.07) is 9.16. The van der Waals surface area contributed by atoms with E-state index in [-0.39, 0.29) is 11.6 Å². The number of pyridine rings is 1. The number of hydrogen-bond acceptors (Lipinski definition) is 7. The molecule has 0 bridgehead atoms. The van der Waals surface area contributed by atoms with Crippen molar-refractivity contribution in [2.75, 3.05) is 29.9 Å². The van der Waals surface area contributed by atoms with Gasteiger partial charge in [0.25, 0.3) is 0 Å². The first-order valence-corrected chi connectivity index (χ1v) is 11.5. The van der Waals surface area contributed by atoms with E-state index in [0.717, 1.165) is 30.0 Å². The van der Waals surface area contributed by atoms with Gasteiger partial charge in [0.05, 0.1) is 21.1 Å². The molecule has 2 aliphatic rings. The number of ether oxygens (including phenoxy) is 1. The number of halogens is 2. The van der Waals surface area contributed by atoms with Gasteiger partial charge < -0.3 is 15.0 Å². The first kappa shape index (κ1) is 22.0. The molecule has 0 radical (unpaired) electrons. The van der Waals surface area contributed by atoms with Crippen molar-refractivity contribution < 1.29 is 9.53 Å². The Labute approximate surface area is 201 Å². The van der Waals surface area contributed by atoms with Gasteiger partial charge in [0, 0.05) is 25.3 Å². The van der Waals surface area contributed by atoms with Crippen LogP contribution in [-0.4, -0.2) is 56.7 Å². The third-order valence-electron chi connectivity index (χ3n) is 5.93. The number of benzene rings is 1. The van der Waals surface area contributed by atoms with E-state index in [4.69, 9.17) is 32.9 Å². The second-order valence-corrected chi connectivity index (χ2v) is 10.3.